The van der Waals surface area contributed by atoms with E-state index in [0.717, 1.165) is 19.4 Å². The van der Waals surface area contributed by atoms with E-state index in [4.69, 9.17) is 22.7 Å². The minimum Gasteiger partial charge on any atom is -0.392 e. The van der Waals surface area contributed by atoms with Crippen molar-refractivity contribution in [3.05, 3.63) is 0 Å². The predicted molar refractivity (Wildman–Crippen MR) is 80.1 cm³/mol. The summed E-state index contributed by atoms with van der Waals surface area (Å²) in [5, 5.41) is 2.97. The molecule has 0 aromatic rings. The number of hydrogen-bond donors (Lipinski definition) is 2. The number of nitrogens with two attached hydrogens (primary N) is 1. The van der Waals surface area contributed by atoms with Gasteiger partial charge in [-0.2, -0.15) is 0 Å². The summed E-state index contributed by atoms with van der Waals surface area (Å²) >= 11 is 5.09. The zero-order valence-corrected chi connectivity index (χ0v) is 12.7. The van der Waals surface area contributed by atoms with Crippen LogP contribution in [0.2, 0.25) is 0 Å². The SMILES string of the molecule is CN(C)CCCCNC(=O)C1(C(N)=S)CCOCC1. The van der Waals surface area contributed by atoms with Crippen molar-refractivity contribution in [3.8, 4) is 0 Å². The minimum atomic E-state index is -0.699. The molecule has 1 saturated heterocycles. The van der Waals surface area contributed by atoms with Gasteiger partial charge in [-0.25, -0.2) is 0 Å². The molecule has 0 aromatic carbocycles. The predicted octanol–water partition coefficient (Wildman–Crippen LogP) is 0.527. The standard InChI is InChI=1S/C13H25N3O2S/c1-16(2)8-4-3-7-15-12(17)13(11(14)19)5-9-18-10-6-13/h3-10H2,1-2H3,(H2,14,19)(H,15,17). The molecule has 1 heterocycles. The molecule has 0 atom stereocenters. The first-order valence-corrected chi connectivity index (χ1v) is 7.20. The number of amides is 1. The molecule has 110 valence electrons. The van der Waals surface area contributed by atoms with Crippen LogP contribution in [0.3, 0.4) is 0 Å². The van der Waals surface area contributed by atoms with E-state index < -0.39 is 5.41 Å². The summed E-state index contributed by atoms with van der Waals surface area (Å²) in [4.78, 5) is 14.7. The molecule has 5 nitrogen and oxygen atoms in total. The lowest BCUT2D eigenvalue weighted by Gasteiger charge is -2.34. The molecule has 3 N–H and O–H groups in total. The van der Waals surface area contributed by atoms with Crippen molar-refractivity contribution in [2.45, 2.75) is 25.7 Å². The van der Waals surface area contributed by atoms with Gasteiger partial charge in [0.15, 0.2) is 0 Å². The fourth-order valence-corrected chi connectivity index (χ4v) is 2.53. The molecule has 0 aromatic heterocycles. The van der Waals surface area contributed by atoms with E-state index in [0.29, 0.717) is 37.6 Å². The van der Waals surface area contributed by atoms with Gasteiger partial charge >= 0.3 is 0 Å². The van der Waals surface area contributed by atoms with Crippen LogP contribution in [-0.2, 0) is 9.53 Å². The molecule has 19 heavy (non-hydrogen) atoms. The van der Waals surface area contributed by atoms with Gasteiger partial charge in [0.2, 0.25) is 5.91 Å². The van der Waals surface area contributed by atoms with E-state index in [1.807, 2.05) is 14.1 Å². The van der Waals surface area contributed by atoms with Crippen molar-refractivity contribution in [1.82, 2.24) is 10.2 Å². The third-order valence-corrected chi connectivity index (χ3v) is 3.96. The zero-order valence-electron chi connectivity index (χ0n) is 11.9. The van der Waals surface area contributed by atoms with Crippen LogP contribution in [0, 0.1) is 5.41 Å². The van der Waals surface area contributed by atoms with Gasteiger partial charge in [0, 0.05) is 19.8 Å². The lowest BCUT2D eigenvalue weighted by atomic mass is 9.79. The molecule has 0 unspecified atom stereocenters. The van der Waals surface area contributed by atoms with Crippen molar-refractivity contribution in [3.63, 3.8) is 0 Å². The first kappa shape index (κ1) is 16.3. The Morgan fingerprint density at radius 3 is 2.53 bits per heavy atom. The lowest BCUT2D eigenvalue weighted by Crippen LogP contribution is -2.52. The van der Waals surface area contributed by atoms with E-state index >= 15 is 0 Å². The average Bonchev–Trinajstić information content (AvgIpc) is 2.38. The molecule has 1 amide bonds. The molecule has 0 saturated carbocycles. The number of carbonyl (C=O) groups excluding carboxylic acids is 1. The Morgan fingerprint density at radius 1 is 1.37 bits per heavy atom. The molecule has 0 aliphatic carbocycles. The Labute approximate surface area is 120 Å². The molecule has 1 aliphatic heterocycles. The van der Waals surface area contributed by atoms with E-state index in [1.54, 1.807) is 0 Å². The quantitative estimate of drug-likeness (QED) is 0.528. The monoisotopic (exact) mass is 287 g/mol. The number of nitrogens with zero attached hydrogens (tertiary/aromatic N) is 1. The normalized spacial score (nSPS) is 18.3. The Hall–Kier alpha value is -0.720. The smallest absolute Gasteiger partial charge is 0.233 e. The highest BCUT2D eigenvalue weighted by atomic mass is 32.1. The third-order valence-electron chi connectivity index (χ3n) is 3.57. The van der Waals surface area contributed by atoms with Gasteiger partial charge in [0.05, 0.1) is 4.99 Å². The largest absolute Gasteiger partial charge is 0.392 e. The Kier molecular flexibility index (Phi) is 6.68. The van der Waals surface area contributed by atoms with Gasteiger partial charge < -0.3 is 20.7 Å². The second-order valence-electron chi connectivity index (χ2n) is 5.33. The first-order valence-electron chi connectivity index (χ1n) is 6.80. The molecule has 1 rings (SSSR count). The maximum absolute atomic E-state index is 12.3. The third kappa shape index (κ3) is 4.71. The number of ether oxygens (including phenoxy) is 1. The van der Waals surface area contributed by atoms with Crippen molar-refractivity contribution in [2.75, 3.05) is 40.4 Å². The van der Waals surface area contributed by atoms with Crippen LogP contribution in [0.4, 0.5) is 0 Å². The molecule has 0 radical (unpaired) electrons. The maximum atomic E-state index is 12.3. The van der Waals surface area contributed by atoms with Gasteiger partial charge in [-0.1, -0.05) is 12.2 Å². The van der Waals surface area contributed by atoms with Crippen LogP contribution in [0.25, 0.3) is 0 Å². The fraction of sp³-hybridized carbons (Fsp3) is 0.846. The minimum absolute atomic E-state index is 0.0341. The van der Waals surface area contributed by atoms with Crippen LogP contribution in [0.5, 0.6) is 0 Å². The van der Waals surface area contributed by atoms with Crippen LogP contribution in [0.1, 0.15) is 25.7 Å². The number of nitrogens with one attached hydrogen (secondary N) is 1. The number of thiocarbonyl (C=S) groups is 1. The Balaban J connectivity index is 2.39. The van der Waals surface area contributed by atoms with E-state index in [-0.39, 0.29) is 5.91 Å². The summed E-state index contributed by atoms with van der Waals surface area (Å²) in [7, 11) is 4.09. The number of rotatable bonds is 7. The van der Waals surface area contributed by atoms with E-state index in [9.17, 15) is 4.79 Å². The summed E-state index contributed by atoms with van der Waals surface area (Å²) < 4.78 is 5.29. The Bertz CT molecular complexity index is 315. The molecule has 1 fully saturated rings. The van der Waals surface area contributed by atoms with Gasteiger partial charge in [-0.05, 0) is 46.3 Å². The second-order valence-corrected chi connectivity index (χ2v) is 5.76. The molecule has 0 bridgehead atoms. The summed E-state index contributed by atoms with van der Waals surface area (Å²) in [6.07, 6.45) is 3.21. The van der Waals surface area contributed by atoms with Crippen LogP contribution >= 0.6 is 12.2 Å². The molecule has 0 spiro atoms. The summed E-state index contributed by atoms with van der Waals surface area (Å²) in [6.45, 7) is 2.80. The van der Waals surface area contributed by atoms with Gasteiger partial charge in [-0.15, -0.1) is 0 Å². The average molecular weight is 287 g/mol. The molecular weight excluding hydrogens is 262 g/mol. The van der Waals surface area contributed by atoms with Gasteiger partial charge in [0.1, 0.15) is 5.41 Å². The van der Waals surface area contributed by atoms with E-state index in [1.165, 1.54) is 0 Å². The molecule has 6 heteroatoms. The first-order chi connectivity index (χ1) is 8.99. The van der Waals surface area contributed by atoms with Crippen molar-refractivity contribution >= 4 is 23.1 Å². The summed E-state index contributed by atoms with van der Waals surface area (Å²) in [5.74, 6) is -0.0341. The zero-order chi connectivity index (χ0) is 14.3. The van der Waals surface area contributed by atoms with Crippen LogP contribution in [0.15, 0.2) is 0 Å². The van der Waals surface area contributed by atoms with Gasteiger partial charge in [0.25, 0.3) is 0 Å². The topological polar surface area (TPSA) is 67.6 Å². The highest BCUT2D eigenvalue weighted by molar-refractivity contribution is 7.80. The number of hydrogen-bond acceptors (Lipinski definition) is 4. The van der Waals surface area contributed by atoms with Gasteiger partial charge in [-0.3, -0.25) is 4.79 Å². The van der Waals surface area contributed by atoms with Crippen molar-refractivity contribution in [1.29, 1.82) is 0 Å². The van der Waals surface area contributed by atoms with E-state index in [2.05, 4.69) is 10.2 Å². The second kappa shape index (κ2) is 7.77. The fourth-order valence-electron chi connectivity index (χ4n) is 2.23. The number of carbonyl (C=O) groups is 1. The lowest BCUT2D eigenvalue weighted by molar-refractivity contribution is -0.131. The molecule has 1 aliphatic rings. The highest BCUT2D eigenvalue weighted by Crippen LogP contribution is 2.31. The Morgan fingerprint density at radius 2 is 2.00 bits per heavy atom. The summed E-state index contributed by atoms with van der Waals surface area (Å²) in [5.41, 5.74) is 5.08. The summed E-state index contributed by atoms with van der Waals surface area (Å²) in [6, 6.07) is 0. The van der Waals surface area contributed by atoms with Crippen LogP contribution in [-0.4, -0.2) is 56.2 Å². The van der Waals surface area contributed by atoms with Crippen molar-refractivity contribution < 1.29 is 9.53 Å². The highest BCUT2D eigenvalue weighted by Gasteiger charge is 2.42. The maximum Gasteiger partial charge on any atom is 0.233 e. The van der Waals surface area contributed by atoms with Crippen LogP contribution < -0.4 is 11.1 Å². The molecular formula is C13H25N3O2S. The van der Waals surface area contributed by atoms with Crippen molar-refractivity contribution in [2.24, 2.45) is 11.1 Å². The number of unbranched alkanes of at least 4 members (excludes halogenated alkanes) is 1.